The average Bonchev–Trinajstić information content (AvgIpc) is 3.11. The largest absolute Gasteiger partial charge is 0.416 e. The number of hydrogen-bond donors (Lipinski definition) is 2. The highest BCUT2D eigenvalue weighted by atomic mass is 19.4. The zero-order chi connectivity index (χ0) is 21.3. The summed E-state index contributed by atoms with van der Waals surface area (Å²) in [7, 11) is 0. The third-order valence-corrected chi connectivity index (χ3v) is 4.83. The van der Waals surface area contributed by atoms with Gasteiger partial charge in [-0.3, -0.25) is 14.2 Å². The monoisotopic (exact) mass is 414 g/mol. The summed E-state index contributed by atoms with van der Waals surface area (Å²) in [5.41, 5.74) is 1.31. The minimum absolute atomic E-state index is 0.0357. The van der Waals surface area contributed by atoms with Crippen molar-refractivity contribution in [1.82, 2.24) is 19.9 Å². The van der Waals surface area contributed by atoms with E-state index in [-0.39, 0.29) is 31.0 Å². The number of aromatic amines is 1. The molecule has 0 aliphatic carbocycles. The number of nitrogens with one attached hydrogen (secondary N) is 2. The highest BCUT2D eigenvalue weighted by Gasteiger charge is 2.29. The van der Waals surface area contributed by atoms with Crippen LogP contribution in [0.25, 0.3) is 21.9 Å². The molecule has 30 heavy (non-hydrogen) atoms. The molecule has 2 heterocycles. The fourth-order valence-electron chi connectivity index (χ4n) is 3.22. The molecule has 2 aromatic carbocycles. The predicted octanol–water partition coefficient (Wildman–Crippen LogP) is 3.60. The van der Waals surface area contributed by atoms with Crippen LogP contribution in [0.5, 0.6) is 0 Å². The number of halogens is 3. The minimum atomic E-state index is -4.39. The maximum atomic E-state index is 12.7. The van der Waals surface area contributed by atoms with Crippen molar-refractivity contribution in [3.8, 4) is 0 Å². The molecule has 0 aliphatic rings. The van der Waals surface area contributed by atoms with Gasteiger partial charge in [0.1, 0.15) is 11.0 Å². The van der Waals surface area contributed by atoms with Gasteiger partial charge < -0.3 is 10.3 Å². The van der Waals surface area contributed by atoms with Crippen LogP contribution in [0.3, 0.4) is 0 Å². The Kier molecular flexibility index (Phi) is 5.03. The highest BCUT2D eigenvalue weighted by Crippen LogP contribution is 2.29. The van der Waals surface area contributed by atoms with Gasteiger partial charge in [0.2, 0.25) is 5.91 Å². The Morgan fingerprint density at radius 2 is 1.83 bits per heavy atom. The van der Waals surface area contributed by atoms with Gasteiger partial charge in [0.05, 0.1) is 11.9 Å². The van der Waals surface area contributed by atoms with Crippen molar-refractivity contribution >= 4 is 27.8 Å². The Labute approximate surface area is 168 Å². The molecular weight excluding hydrogens is 397 g/mol. The lowest BCUT2D eigenvalue weighted by atomic mass is 10.1. The summed E-state index contributed by atoms with van der Waals surface area (Å²) in [4.78, 5) is 32.2. The highest BCUT2D eigenvalue weighted by molar-refractivity contribution is 6.04. The molecule has 0 fully saturated rings. The molecule has 2 N–H and O–H groups in total. The first-order valence-corrected chi connectivity index (χ1v) is 9.21. The first kappa shape index (κ1) is 19.7. The SMILES string of the molecule is O=C(CCn1cnc2c([nH]c3ccccc32)c1=O)NCc1ccc(C(F)(F)F)cc1. The maximum absolute atomic E-state index is 12.7. The van der Waals surface area contributed by atoms with Gasteiger partial charge in [0.15, 0.2) is 0 Å². The van der Waals surface area contributed by atoms with Gasteiger partial charge in [-0.05, 0) is 23.8 Å². The van der Waals surface area contributed by atoms with E-state index in [1.54, 1.807) is 0 Å². The lowest BCUT2D eigenvalue weighted by molar-refractivity contribution is -0.137. The summed E-state index contributed by atoms with van der Waals surface area (Å²) in [6.45, 7) is 0.237. The number of alkyl halides is 3. The molecule has 0 radical (unpaired) electrons. The normalized spacial score (nSPS) is 11.8. The van der Waals surface area contributed by atoms with Crippen molar-refractivity contribution in [3.63, 3.8) is 0 Å². The summed E-state index contributed by atoms with van der Waals surface area (Å²) in [5.74, 6) is -0.321. The molecule has 0 unspecified atom stereocenters. The van der Waals surface area contributed by atoms with Gasteiger partial charge in [-0.25, -0.2) is 4.98 Å². The van der Waals surface area contributed by atoms with Crippen molar-refractivity contribution in [1.29, 1.82) is 0 Å². The molecule has 0 bridgehead atoms. The van der Waals surface area contributed by atoms with Crippen molar-refractivity contribution in [2.75, 3.05) is 0 Å². The van der Waals surface area contributed by atoms with Crippen LogP contribution >= 0.6 is 0 Å². The van der Waals surface area contributed by atoms with E-state index in [1.165, 1.54) is 23.0 Å². The summed E-state index contributed by atoms with van der Waals surface area (Å²) in [6.07, 6.45) is -2.95. The number of rotatable bonds is 5. The Hall–Kier alpha value is -3.62. The molecule has 9 heteroatoms. The van der Waals surface area contributed by atoms with Crippen LogP contribution in [0.2, 0.25) is 0 Å². The van der Waals surface area contributed by atoms with Crippen LogP contribution in [-0.4, -0.2) is 20.4 Å². The molecule has 6 nitrogen and oxygen atoms in total. The molecule has 4 aromatic rings. The summed E-state index contributed by atoms with van der Waals surface area (Å²) < 4.78 is 39.1. The summed E-state index contributed by atoms with van der Waals surface area (Å²) in [5, 5.41) is 3.49. The summed E-state index contributed by atoms with van der Waals surface area (Å²) in [6, 6.07) is 12.0. The molecule has 4 rings (SSSR count). The number of carbonyl (C=O) groups is 1. The zero-order valence-electron chi connectivity index (χ0n) is 15.7. The van der Waals surface area contributed by atoms with Gasteiger partial charge in [-0.2, -0.15) is 13.2 Å². The van der Waals surface area contributed by atoms with Crippen LogP contribution in [0.15, 0.2) is 59.7 Å². The number of aryl methyl sites for hydroxylation is 1. The second-order valence-corrected chi connectivity index (χ2v) is 6.86. The van der Waals surface area contributed by atoms with Crippen LogP contribution < -0.4 is 10.9 Å². The lowest BCUT2D eigenvalue weighted by Crippen LogP contribution is -2.27. The number of benzene rings is 2. The van der Waals surface area contributed by atoms with E-state index in [4.69, 9.17) is 0 Å². The predicted molar refractivity (Wildman–Crippen MR) is 106 cm³/mol. The molecule has 0 spiro atoms. The Balaban J connectivity index is 1.39. The topological polar surface area (TPSA) is 79.8 Å². The number of H-pyrrole nitrogens is 1. The molecule has 0 saturated heterocycles. The number of nitrogens with zero attached hydrogens (tertiary/aromatic N) is 2. The Bertz CT molecular complexity index is 1270. The maximum Gasteiger partial charge on any atom is 0.416 e. The smallest absolute Gasteiger partial charge is 0.352 e. The van der Waals surface area contributed by atoms with Crippen LogP contribution in [0, 0.1) is 0 Å². The zero-order valence-corrected chi connectivity index (χ0v) is 15.7. The number of hydrogen-bond acceptors (Lipinski definition) is 3. The van der Waals surface area contributed by atoms with E-state index in [9.17, 15) is 22.8 Å². The third kappa shape index (κ3) is 3.91. The van der Waals surface area contributed by atoms with Crippen molar-refractivity contribution in [2.45, 2.75) is 25.7 Å². The summed E-state index contributed by atoms with van der Waals surface area (Å²) >= 11 is 0. The van der Waals surface area contributed by atoms with Crippen molar-refractivity contribution in [3.05, 3.63) is 76.3 Å². The number of aromatic nitrogens is 3. The number of amides is 1. The van der Waals surface area contributed by atoms with Gasteiger partial charge in [0, 0.05) is 30.4 Å². The Morgan fingerprint density at radius 1 is 1.10 bits per heavy atom. The van der Waals surface area contributed by atoms with Gasteiger partial charge in [0.25, 0.3) is 5.56 Å². The fourth-order valence-corrected chi connectivity index (χ4v) is 3.22. The average molecular weight is 414 g/mol. The van der Waals surface area contributed by atoms with Gasteiger partial charge >= 0.3 is 6.18 Å². The van der Waals surface area contributed by atoms with E-state index < -0.39 is 11.7 Å². The standard InChI is InChI=1S/C21H17F3N4O2/c22-21(23,24)14-7-5-13(6-8-14)11-25-17(29)9-10-28-12-26-18-15-3-1-2-4-16(15)27-19(18)20(28)30/h1-8,12,27H,9-11H2,(H,25,29). The molecular formula is C21H17F3N4O2. The van der Waals surface area contributed by atoms with E-state index in [0.717, 1.165) is 23.0 Å². The molecule has 0 aliphatic heterocycles. The fraction of sp³-hybridized carbons (Fsp3) is 0.190. The van der Waals surface area contributed by atoms with E-state index in [1.807, 2.05) is 24.3 Å². The van der Waals surface area contributed by atoms with Crippen LogP contribution in [-0.2, 0) is 24.1 Å². The van der Waals surface area contributed by atoms with E-state index >= 15 is 0 Å². The first-order valence-electron chi connectivity index (χ1n) is 9.21. The van der Waals surface area contributed by atoms with Gasteiger partial charge in [-0.15, -0.1) is 0 Å². The van der Waals surface area contributed by atoms with Crippen LogP contribution in [0.4, 0.5) is 13.2 Å². The van der Waals surface area contributed by atoms with Crippen LogP contribution in [0.1, 0.15) is 17.5 Å². The second-order valence-electron chi connectivity index (χ2n) is 6.86. The minimum Gasteiger partial charge on any atom is -0.352 e. The second kappa shape index (κ2) is 7.66. The first-order chi connectivity index (χ1) is 14.3. The molecule has 154 valence electrons. The number of fused-ring (bicyclic) bond motifs is 3. The molecule has 0 saturated carbocycles. The molecule has 2 aromatic heterocycles. The number of carbonyl (C=O) groups excluding carboxylic acids is 1. The van der Waals surface area contributed by atoms with Crippen molar-refractivity contribution < 1.29 is 18.0 Å². The quantitative estimate of drug-likeness (QED) is 0.524. The van der Waals surface area contributed by atoms with E-state index in [2.05, 4.69) is 15.3 Å². The molecule has 1 amide bonds. The van der Waals surface area contributed by atoms with Gasteiger partial charge in [-0.1, -0.05) is 30.3 Å². The number of para-hydroxylation sites is 1. The van der Waals surface area contributed by atoms with E-state index in [0.29, 0.717) is 16.6 Å². The lowest BCUT2D eigenvalue weighted by Gasteiger charge is -2.09. The van der Waals surface area contributed by atoms with Crippen molar-refractivity contribution in [2.24, 2.45) is 0 Å². The Morgan fingerprint density at radius 3 is 2.57 bits per heavy atom. The molecule has 0 atom stereocenters. The third-order valence-electron chi connectivity index (χ3n) is 4.83.